The number of anilines is 1. The SMILES string of the molecule is COc1cccc(N2CCN(C(=O)Cn3c(=O)c(C)nc4cc(C)c(C)cc43)CC2)c1. The van der Waals surface area contributed by atoms with Crippen molar-refractivity contribution in [1.82, 2.24) is 14.5 Å². The monoisotopic (exact) mass is 420 g/mol. The molecule has 0 radical (unpaired) electrons. The van der Waals surface area contributed by atoms with Gasteiger partial charge in [0, 0.05) is 37.9 Å². The highest BCUT2D eigenvalue weighted by atomic mass is 16.5. The molecule has 7 nitrogen and oxygen atoms in total. The van der Waals surface area contributed by atoms with E-state index in [1.54, 1.807) is 18.6 Å². The lowest BCUT2D eigenvalue weighted by molar-refractivity contribution is -0.132. The van der Waals surface area contributed by atoms with Gasteiger partial charge in [-0.1, -0.05) is 6.07 Å². The Morgan fingerprint density at radius 2 is 1.74 bits per heavy atom. The summed E-state index contributed by atoms with van der Waals surface area (Å²) in [4.78, 5) is 34.4. The van der Waals surface area contributed by atoms with Crippen molar-refractivity contribution in [2.24, 2.45) is 0 Å². The molecule has 1 aromatic heterocycles. The molecule has 31 heavy (non-hydrogen) atoms. The van der Waals surface area contributed by atoms with Gasteiger partial charge < -0.3 is 14.5 Å². The van der Waals surface area contributed by atoms with Gasteiger partial charge in [-0.2, -0.15) is 0 Å². The Morgan fingerprint density at radius 3 is 2.45 bits per heavy atom. The number of piperazine rings is 1. The summed E-state index contributed by atoms with van der Waals surface area (Å²) >= 11 is 0. The van der Waals surface area contributed by atoms with Crippen molar-refractivity contribution >= 4 is 22.6 Å². The molecule has 0 spiro atoms. The summed E-state index contributed by atoms with van der Waals surface area (Å²) in [6, 6.07) is 11.9. The molecule has 162 valence electrons. The van der Waals surface area contributed by atoms with Crippen molar-refractivity contribution < 1.29 is 9.53 Å². The van der Waals surface area contributed by atoms with E-state index in [0.717, 1.165) is 41.2 Å². The summed E-state index contributed by atoms with van der Waals surface area (Å²) in [6.45, 7) is 8.46. The lowest BCUT2D eigenvalue weighted by Gasteiger charge is -2.36. The van der Waals surface area contributed by atoms with E-state index in [1.807, 2.05) is 49.1 Å². The molecule has 1 amide bonds. The fourth-order valence-electron chi connectivity index (χ4n) is 4.04. The van der Waals surface area contributed by atoms with Gasteiger partial charge in [-0.05, 0) is 56.2 Å². The maximum absolute atomic E-state index is 13.1. The topological polar surface area (TPSA) is 67.7 Å². The molecule has 0 unspecified atom stereocenters. The number of aryl methyl sites for hydroxylation is 3. The molecular weight excluding hydrogens is 392 g/mol. The summed E-state index contributed by atoms with van der Waals surface area (Å²) in [7, 11) is 1.66. The predicted molar refractivity (Wildman–Crippen MR) is 122 cm³/mol. The van der Waals surface area contributed by atoms with E-state index in [4.69, 9.17) is 4.74 Å². The number of hydrogen-bond acceptors (Lipinski definition) is 5. The van der Waals surface area contributed by atoms with E-state index in [-0.39, 0.29) is 18.0 Å². The molecule has 0 aliphatic carbocycles. The van der Waals surface area contributed by atoms with Gasteiger partial charge in [0.25, 0.3) is 5.56 Å². The van der Waals surface area contributed by atoms with Gasteiger partial charge in [-0.3, -0.25) is 14.2 Å². The van der Waals surface area contributed by atoms with Crippen molar-refractivity contribution in [2.75, 3.05) is 38.2 Å². The highest BCUT2D eigenvalue weighted by Crippen LogP contribution is 2.22. The van der Waals surface area contributed by atoms with E-state index < -0.39 is 0 Å². The molecule has 0 atom stereocenters. The summed E-state index contributed by atoms with van der Waals surface area (Å²) in [6.07, 6.45) is 0. The second kappa shape index (κ2) is 8.41. The Kier molecular flexibility index (Phi) is 5.67. The summed E-state index contributed by atoms with van der Waals surface area (Å²) in [5, 5.41) is 0. The zero-order valence-electron chi connectivity index (χ0n) is 18.5. The first-order valence-corrected chi connectivity index (χ1v) is 10.5. The number of aromatic nitrogens is 2. The Hall–Kier alpha value is -3.35. The van der Waals surface area contributed by atoms with Crippen LogP contribution in [0.4, 0.5) is 5.69 Å². The van der Waals surface area contributed by atoms with Crippen LogP contribution in [-0.2, 0) is 11.3 Å². The number of amides is 1. The van der Waals surface area contributed by atoms with Crippen LogP contribution in [0.3, 0.4) is 0 Å². The number of rotatable bonds is 4. The maximum Gasteiger partial charge on any atom is 0.272 e. The minimum absolute atomic E-state index is 0.0281. The molecule has 0 N–H and O–H groups in total. The van der Waals surface area contributed by atoms with Gasteiger partial charge in [0.05, 0.1) is 18.1 Å². The molecule has 0 bridgehead atoms. The Balaban J connectivity index is 1.52. The van der Waals surface area contributed by atoms with Gasteiger partial charge >= 0.3 is 0 Å². The normalized spacial score (nSPS) is 14.2. The molecule has 0 saturated carbocycles. The fraction of sp³-hybridized carbons (Fsp3) is 0.375. The zero-order valence-corrected chi connectivity index (χ0v) is 18.5. The second-order valence-electron chi connectivity index (χ2n) is 8.08. The smallest absolute Gasteiger partial charge is 0.272 e. The van der Waals surface area contributed by atoms with Crippen LogP contribution >= 0.6 is 0 Å². The Labute approximate surface area is 181 Å². The number of methoxy groups -OCH3 is 1. The molecule has 1 aliphatic rings. The van der Waals surface area contributed by atoms with Crippen LogP contribution in [0.15, 0.2) is 41.2 Å². The number of nitrogens with zero attached hydrogens (tertiary/aromatic N) is 4. The van der Waals surface area contributed by atoms with Crippen LogP contribution in [0, 0.1) is 20.8 Å². The highest BCUT2D eigenvalue weighted by molar-refractivity contribution is 5.81. The van der Waals surface area contributed by atoms with Gasteiger partial charge in [0.15, 0.2) is 0 Å². The lowest BCUT2D eigenvalue weighted by atomic mass is 10.1. The quantitative estimate of drug-likeness (QED) is 0.649. The first-order chi connectivity index (χ1) is 14.9. The molecule has 1 aliphatic heterocycles. The highest BCUT2D eigenvalue weighted by Gasteiger charge is 2.23. The number of benzene rings is 2. The number of carbonyl (C=O) groups is 1. The van der Waals surface area contributed by atoms with Crippen molar-refractivity contribution in [2.45, 2.75) is 27.3 Å². The van der Waals surface area contributed by atoms with Crippen molar-refractivity contribution in [3.05, 3.63) is 63.6 Å². The van der Waals surface area contributed by atoms with Gasteiger partial charge in [-0.25, -0.2) is 4.98 Å². The van der Waals surface area contributed by atoms with Crippen molar-refractivity contribution in [1.29, 1.82) is 0 Å². The molecule has 1 saturated heterocycles. The van der Waals surface area contributed by atoms with Gasteiger partial charge in [0.1, 0.15) is 18.0 Å². The average molecular weight is 421 g/mol. The first kappa shape index (κ1) is 20.9. The molecular formula is C24H28N4O3. The largest absolute Gasteiger partial charge is 0.497 e. The summed E-state index contributed by atoms with van der Waals surface area (Å²) in [5.74, 6) is 0.776. The lowest BCUT2D eigenvalue weighted by Crippen LogP contribution is -2.50. The van der Waals surface area contributed by atoms with Crippen LogP contribution in [0.25, 0.3) is 11.0 Å². The van der Waals surface area contributed by atoms with E-state index in [2.05, 4.69) is 16.0 Å². The molecule has 3 aromatic rings. The number of carbonyl (C=O) groups excluding carboxylic acids is 1. The third-order valence-electron chi connectivity index (χ3n) is 6.07. The molecule has 7 heteroatoms. The molecule has 4 rings (SSSR count). The van der Waals surface area contributed by atoms with E-state index in [0.29, 0.717) is 24.3 Å². The van der Waals surface area contributed by atoms with E-state index in [1.165, 1.54) is 0 Å². The molecule has 2 heterocycles. The number of ether oxygens (including phenoxy) is 1. The van der Waals surface area contributed by atoms with Gasteiger partial charge in [0.2, 0.25) is 5.91 Å². The summed E-state index contributed by atoms with van der Waals surface area (Å²) in [5.41, 5.74) is 4.93. The average Bonchev–Trinajstić information content (AvgIpc) is 2.78. The van der Waals surface area contributed by atoms with Crippen molar-refractivity contribution in [3.8, 4) is 5.75 Å². The summed E-state index contributed by atoms with van der Waals surface area (Å²) < 4.78 is 6.88. The Morgan fingerprint density at radius 1 is 1.03 bits per heavy atom. The van der Waals surface area contributed by atoms with Crippen molar-refractivity contribution in [3.63, 3.8) is 0 Å². The third kappa shape index (κ3) is 4.13. The standard InChI is InChI=1S/C24H28N4O3/c1-16-12-21-22(13-17(16)2)28(24(30)18(3)25-21)15-23(29)27-10-8-26(9-11-27)19-6-5-7-20(14-19)31-4/h5-7,12-14H,8-11,15H2,1-4H3. The third-order valence-corrected chi connectivity index (χ3v) is 6.07. The minimum atomic E-state index is -0.209. The zero-order chi connectivity index (χ0) is 22.1. The predicted octanol–water partition coefficient (Wildman–Crippen LogP) is 2.68. The second-order valence-corrected chi connectivity index (χ2v) is 8.08. The molecule has 1 fully saturated rings. The van der Waals surface area contributed by atoms with E-state index >= 15 is 0 Å². The maximum atomic E-state index is 13.1. The van der Waals surface area contributed by atoms with Gasteiger partial charge in [-0.15, -0.1) is 0 Å². The van der Waals surface area contributed by atoms with Crippen LogP contribution in [0.1, 0.15) is 16.8 Å². The fourth-order valence-corrected chi connectivity index (χ4v) is 4.04. The molecule has 2 aromatic carbocycles. The van der Waals surface area contributed by atoms with Crippen LogP contribution in [0.5, 0.6) is 5.75 Å². The van der Waals surface area contributed by atoms with Crippen LogP contribution in [-0.4, -0.2) is 53.6 Å². The Bertz CT molecular complexity index is 1190. The van der Waals surface area contributed by atoms with Crippen LogP contribution < -0.4 is 15.2 Å². The number of hydrogen-bond donors (Lipinski definition) is 0. The first-order valence-electron chi connectivity index (χ1n) is 10.5. The number of fused-ring (bicyclic) bond motifs is 1. The van der Waals surface area contributed by atoms with E-state index in [9.17, 15) is 9.59 Å². The minimum Gasteiger partial charge on any atom is -0.497 e. The van der Waals surface area contributed by atoms with Crippen LogP contribution in [0.2, 0.25) is 0 Å².